The van der Waals surface area contributed by atoms with Crippen molar-refractivity contribution in [1.82, 2.24) is 19.8 Å². The number of halogens is 1. The van der Waals surface area contributed by atoms with Gasteiger partial charge in [0.05, 0.1) is 11.0 Å². The number of fused-ring (bicyclic) bond motifs is 1. The van der Waals surface area contributed by atoms with Crippen LogP contribution in [-0.4, -0.2) is 51.4 Å². The van der Waals surface area contributed by atoms with Crippen LogP contribution >= 0.6 is 0 Å². The molecule has 0 radical (unpaired) electrons. The van der Waals surface area contributed by atoms with Crippen molar-refractivity contribution in [3.8, 4) is 0 Å². The number of hydrogen-bond donors (Lipinski definition) is 0. The standard InChI is InChI=1S/C23H25FN4O/c1-16(2)22-15-27(14-18-5-3-4-6-19(18)24)11-12-28(22)23(29)17-7-8-20-21(13-17)26-10-9-25-20/h3-10,13,16,22H,11-12,14-15H2,1-2H3/t22-/m1/s1. The predicted octanol–water partition coefficient (Wildman–Crippen LogP) is 3.75. The molecule has 2 heterocycles. The molecule has 2 aromatic carbocycles. The lowest BCUT2D eigenvalue weighted by Crippen LogP contribution is -2.56. The van der Waals surface area contributed by atoms with Gasteiger partial charge < -0.3 is 4.90 Å². The first-order valence-electron chi connectivity index (χ1n) is 10.0. The van der Waals surface area contributed by atoms with Crippen molar-refractivity contribution in [3.05, 3.63) is 71.8 Å². The minimum atomic E-state index is -0.177. The number of benzene rings is 2. The number of carbonyl (C=O) groups excluding carboxylic acids is 1. The number of rotatable bonds is 4. The molecule has 0 unspecified atom stereocenters. The Morgan fingerprint density at radius 3 is 2.62 bits per heavy atom. The molecule has 1 aromatic heterocycles. The van der Waals surface area contributed by atoms with E-state index in [0.29, 0.717) is 30.1 Å². The topological polar surface area (TPSA) is 49.3 Å². The lowest BCUT2D eigenvalue weighted by molar-refractivity contribution is 0.0326. The molecule has 1 fully saturated rings. The van der Waals surface area contributed by atoms with Crippen molar-refractivity contribution in [3.63, 3.8) is 0 Å². The van der Waals surface area contributed by atoms with E-state index in [1.54, 1.807) is 18.5 Å². The zero-order valence-corrected chi connectivity index (χ0v) is 16.8. The largest absolute Gasteiger partial charge is 0.333 e. The number of hydrogen-bond acceptors (Lipinski definition) is 4. The van der Waals surface area contributed by atoms with Gasteiger partial charge in [0.25, 0.3) is 5.91 Å². The average Bonchev–Trinajstić information content (AvgIpc) is 2.74. The second-order valence-corrected chi connectivity index (χ2v) is 7.90. The molecular weight excluding hydrogens is 367 g/mol. The van der Waals surface area contributed by atoms with Crippen LogP contribution in [0.5, 0.6) is 0 Å². The Morgan fingerprint density at radius 2 is 1.86 bits per heavy atom. The molecule has 1 atom stereocenters. The van der Waals surface area contributed by atoms with Gasteiger partial charge in [0.15, 0.2) is 0 Å². The summed E-state index contributed by atoms with van der Waals surface area (Å²) in [5.41, 5.74) is 2.82. The Morgan fingerprint density at radius 1 is 1.10 bits per heavy atom. The van der Waals surface area contributed by atoms with Gasteiger partial charge in [0.2, 0.25) is 0 Å². The average molecular weight is 392 g/mol. The smallest absolute Gasteiger partial charge is 0.254 e. The third-order valence-electron chi connectivity index (χ3n) is 5.60. The number of piperazine rings is 1. The molecule has 1 amide bonds. The van der Waals surface area contributed by atoms with E-state index < -0.39 is 0 Å². The van der Waals surface area contributed by atoms with Gasteiger partial charge in [-0.15, -0.1) is 0 Å². The van der Waals surface area contributed by atoms with Gasteiger partial charge in [0, 0.05) is 55.7 Å². The molecule has 0 aliphatic carbocycles. The van der Waals surface area contributed by atoms with Gasteiger partial charge in [-0.2, -0.15) is 0 Å². The number of amides is 1. The summed E-state index contributed by atoms with van der Waals surface area (Å²) < 4.78 is 14.1. The van der Waals surface area contributed by atoms with E-state index in [0.717, 1.165) is 24.1 Å². The molecule has 3 aromatic rings. The maximum Gasteiger partial charge on any atom is 0.254 e. The summed E-state index contributed by atoms with van der Waals surface area (Å²) >= 11 is 0. The molecule has 0 N–H and O–H groups in total. The maximum absolute atomic E-state index is 14.1. The molecule has 4 rings (SSSR count). The van der Waals surface area contributed by atoms with Crippen molar-refractivity contribution < 1.29 is 9.18 Å². The zero-order valence-electron chi connectivity index (χ0n) is 16.8. The summed E-state index contributed by atoms with van der Waals surface area (Å²) in [6.07, 6.45) is 3.28. The highest BCUT2D eigenvalue weighted by Crippen LogP contribution is 2.23. The molecule has 1 aliphatic heterocycles. The highest BCUT2D eigenvalue weighted by atomic mass is 19.1. The monoisotopic (exact) mass is 392 g/mol. The molecule has 6 heteroatoms. The van der Waals surface area contributed by atoms with E-state index in [2.05, 4.69) is 28.7 Å². The maximum atomic E-state index is 14.1. The summed E-state index contributed by atoms with van der Waals surface area (Å²) in [6.45, 7) is 6.88. The number of carbonyl (C=O) groups is 1. The minimum Gasteiger partial charge on any atom is -0.333 e. The van der Waals surface area contributed by atoms with Gasteiger partial charge >= 0.3 is 0 Å². The summed E-state index contributed by atoms with van der Waals surface area (Å²) in [4.78, 5) is 26.1. The summed E-state index contributed by atoms with van der Waals surface area (Å²) in [7, 11) is 0. The van der Waals surface area contributed by atoms with Gasteiger partial charge in [-0.3, -0.25) is 19.7 Å². The van der Waals surface area contributed by atoms with Crippen molar-refractivity contribution >= 4 is 16.9 Å². The third-order valence-corrected chi connectivity index (χ3v) is 5.60. The second kappa shape index (κ2) is 8.25. The van der Waals surface area contributed by atoms with Crippen molar-refractivity contribution in [2.45, 2.75) is 26.4 Å². The van der Waals surface area contributed by atoms with E-state index >= 15 is 0 Å². The Hall–Kier alpha value is -2.86. The Balaban J connectivity index is 1.52. The van der Waals surface area contributed by atoms with E-state index in [1.807, 2.05) is 35.2 Å². The van der Waals surface area contributed by atoms with Gasteiger partial charge in [-0.1, -0.05) is 32.0 Å². The van der Waals surface area contributed by atoms with E-state index in [4.69, 9.17) is 0 Å². The summed E-state index contributed by atoms with van der Waals surface area (Å²) in [5.74, 6) is 0.133. The third kappa shape index (κ3) is 4.12. The van der Waals surface area contributed by atoms with E-state index in [1.165, 1.54) is 6.07 Å². The highest BCUT2D eigenvalue weighted by molar-refractivity contribution is 5.97. The fourth-order valence-electron chi connectivity index (χ4n) is 3.97. The summed E-state index contributed by atoms with van der Waals surface area (Å²) in [6, 6.07) is 12.4. The molecule has 0 spiro atoms. The van der Waals surface area contributed by atoms with Crippen LogP contribution in [0.3, 0.4) is 0 Å². The fraction of sp³-hybridized carbons (Fsp3) is 0.348. The molecule has 1 saturated heterocycles. The molecular formula is C23H25FN4O. The SMILES string of the molecule is CC(C)[C@H]1CN(Cc2ccccc2F)CCN1C(=O)c1ccc2nccnc2c1. The molecule has 5 nitrogen and oxygen atoms in total. The highest BCUT2D eigenvalue weighted by Gasteiger charge is 2.33. The second-order valence-electron chi connectivity index (χ2n) is 7.90. The molecule has 150 valence electrons. The van der Waals surface area contributed by atoms with Crippen LogP contribution < -0.4 is 0 Å². The van der Waals surface area contributed by atoms with Crippen LogP contribution in [0, 0.1) is 11.7 Å². The molecule has 1 aliphatic rings. The van der Waals surface area contributed by atoms with Crippen LogP contribution in [0.1, 0.15) is 29.8 Å². The van der Waals surface area contributed by atoms with Crippen molar-refractivity contribution in [2.75, 3.05) is 19.6 Å². The molecule has 29 heavy (non-hydrogen) atoms. The van der Waals surface area contributed by atoms with Gasteiger partial charge in [-0.25, -0.2) is 4.39 Å². The van der Waals surface area contributed by atoms with Crippen molar-refractivity contribution in [1.29, 1.82) is 0 Å². The zero-order chi connectivity index (χ0) is 20.4. The Labute approximate surface area is 170 Å². The first-order valence-corrected chi connectivity index (χ1v) is 10.0. The molecule has 0 saturated carbocycles. The minimum absolute atomic E-state index is 0.0156. The number of aromatic nitrogens is 2. The normalized spacial score (nSPS) is 17.8. The lowest BCUT2D eigenvalue weighted by Gasteiger charge is -2.43. The number of nitrogens with zero attached hydrogens (tertiary/aromatic N) is 4. The predicted molar refractivity (Wildman–Crippen MR) is 111 cm³/mol. The van der Waals surface area contributed by atoms with E-state index in [-0.39, 0.29) is 17.8 Å². The lowest BCUT2D eigenvalue weighted by atomic mass is 9.97. The fourth-order valence-corrected chi connectivity index (χ4v) is 3.97. The van der Waals surface area contributed by atoms with E-state index in [9.17, 15) is 9.18 Å². The van der Waals surface area contributed by atoms with Gasteiger partial charge in [0.1, 0.15) is 5.82 Å². The first kappa shape index (κ1) is 19.5. The molecule has 0 bridgehead atoms. The first-order chi connectivity index (χ1) is 14.0. The van der Waals surface area contributed by atoms with Crippen LogP contribution in [0.15, 0.2) is 54.9 Å². The Kier molecular flexibility index (Phi) is 5.53. The van der Waals surface area contributed by atoms with Crippen LogP contribution in [0.2, 0.25) is 0 Å². The quantitative estimate of drug-likeness (QED) is 0.679. The van der Waals surface area contributed by atoms with Gasteiger partial charge in [-0.05, 0) is 30.2 Å². The van der Waals surface area contributed by atoms with Crippen molar-refractivity contribution in [2.24, 2.45) is 5.92 Å². The van der Waals surface area contributed by atoms with Crippen LogP contribution in [-0.2, 0) is 6.54 Å². The van der Waals surface area contributed by atoms with Crippen LogP contribution in [0.4, 0.5) is 4.39 Å². The Bertz CT molecular complexity index is 1020. The summed E-state index contributed by atoms with van der Waals surface area (Å²) in [5, 5.41) is 0. The van der Waals surface area contributed by atoms with Crippen LogP contribution in [0.25, 0.3) is 11.0 Å².